The summed E-state index contributed by atoms with van der Waals surface area (Å²) in [4.78, 5) is 113. The SMILES string of the molecule is O=C(CCCCCN1C(=O)CC(SCCCCC[C@H](NC(=O)[C@H]2CCC(=O)N2)C(=O)Nc2ccccc2)C1=O)NCC1CCC(C(=O)NN2C(=O)C=CC2=O)CC1. The van der Waals surface area contributed by atoms with Gasteiger partial charge in [-0.3, -0.25) is 53.5 Å². The zero-order valence-corrected chi connectivity index (χ0v) is 32.9. The van der Waals surface area contributed by atoms with Crippen LogP contribution in [0.3, 0.4) is 0 Å². The number of likely N-dealkylation sites (tertiary alicyclic amines) is 1. The Hall–Kier alpha value is -5.06. The van der Waals surface area contributed by atoms with Crippen LogP contribution >= 0.6 is 11.8 Å². The Morgan fingerprint density at radius 1 is 0.825 bits per heavy atom. The second kappa shape index (κ2) is 21.5. The number of nitrogens with one attached hydrogen (secondary N) is 5. The van der Waals surface area contributed by atoms with E-state index in [1.54, 1.807) is 24.3 Å². The molecule has 5 rings (SSSR count). The van der Waals surface area contributed by atoms with Crippen molar-refractivity contribution in [3.05, 3.63) is 42.5 Å². The van der Waals surface area contributed by atoms with E-state index in [2.05, 4.69) is 26.7 Å². The van der Waals surface area contributed by atoms with E-state index < -0.39 is 29.1 Å². The van der Waals surface area contributed by atoms with Crippen LogP contribution in [-0.2, 0) is 43.2 Å². The molecule has 2 saturated heterocycles. The van der Waals surface area contributed by atoms with Crippen LogP contribution in [0.2, 0.25) is 0 Å². The fraction of sp³-hybridized carbons (Fsp3) is 0.575. The number of unbranched alkanes of at least 4 members (excludes halogenated alkanes) is 4. The molecule has 3 atom stereocenters. The Kier molecular flexibility index (Phi) is 16.2. The van der Waals surface area contributed by atoms with E-state index >= 15 is 0 Å². The average Bonchev–Trinajstić information content (AvgIpc) is 3.87. The molecule has 1 unspecified atom stereocenters. The van der Waals surface area contributed by atoms with Gasteiger partial charge in [-0.2, -0.15) is 5.01 Å². The van der Waals surface area contributed by atoms with Crippen LogP contribution in [0.1, 0.15) is 96.3 Å². The molecule has 1 aromatic carbocycles. The number of hydrazine groups is 1. The third-order valence-corrected chi connectivity index (χ3v) is 12.1. The van der Waals surface area contributed by atoms with E-state index in [4.69, 9.17) is 0 Å². The van der Waals surface area contributed by atoms with E-state index in [1.807, 2.05) is 6.07 Å². The number of para-hydroxylation sites is 1. The van der Waals surface area contributed by atoms with Crippen molar-refractivity contribution in [2.75, 3.05) is 24.2 Å². The molecule has 1 aromatic rings. The summed E-state index contributed by atoms with van der Waals surface area (Å²) in [5.74, 6) is -2.18. The molecule has 0 aromatic heterocycles. The molecule has 308 valence electrons. The molecular weight excluding hydrogens is 755 g/mol. The summed E-state index contributed by atoms with van der Waals surface area (Å²) < 4.78 is 0. The maximum absolute atomic E-state index is 13.1. The molecule has 57 heavy (non-hydrogen) atoms. The van der Waals surface area contributed by atoms with Gasteiger partial charge in [0.15, 0.2) is 0 Å². The lowest BCUT2D eigenvalue weighted by Crippen LogP contribution is -2.50. The first kappa shape index (κ1) is 43.1. The van der Waals surface area contributed by atoms with Gasteiger partial charge < -0.3 is 21.3 Å². The number of benzene rings is 1. The summed E-state index contributed by atoms with van der Waals surface area (Å²) in [6.07, 6.45) is 10.6. The summed E-state index contributed by atoms with van der Waals surface area (Å²) >= 11 is 1.46. The van der Waals surface area contributed by atoms with Crippen molar-refractivity contribution in [3.63, 3.8) is 0 Å². The molecule has 3 fully saturated rings. The number of amides is 9. The largest absolute Gasteiger partial charge is 0.356 e. The van der Waals surface area contributed by atoms with Gasteiger partial charge in [0.1, 0.15) is 12.1 Å². The highest BCUT2D eigenvalue weighted by Crippen LogP contribution is 2.29. The van der Waals surface area contributed by atoms with Gasteiger partial charge in [0.25, 0.3) is 11.8 Å². The average molecular weight is 808 g/mol. The van der Waals surface area contributed by atoms with Gasteiger partial charge in [0.2, 0.25) is 41.4 Å². The normalized spacial score (nSPS) is 22.4. The van der Waals surface area contributed by atoms with Gasteiger partial charge >= 0.3 is 0 Å². The Balaban J connectivity index is 0.905. The number of hydrogen-bond acceptors (Lipinski definition) is 10. The van der Waals surface area contributed by atoms with E-state index in [1.165, 1.54) is 16.7 Å². The van der Waals surface area contributed by atoms with Crippen molar-refractivity contribution >= 4 is 70.6 Å². The van der Waals surface area contributed by atoms with Crippen LogP contribution in [0.5, 0.6) is 0 Å². The number of carbonyl (C=O) groups excluding carboxylic acids is 9. The maximum Gasteiger partial charge on any atom is 0.272 e. The van der Waals surface area contributed by atoms with Gasteiger partial charge in [0.05, 0.1) is 5.25 Å². The number of imide groups is 2. The van der Waals surface area contributed by atoms with Crippen molar-refractivity contribution < 1.29 is 43.2 Å². The Morgan fingerprint density at radius 3 is 2.25 bits per heavy atom. The first-order valence-electron chi connectivity index (χ1n) is 20.0. The molecule has 1 saturated carbocycles. The van der Waals surface area contributed by atoms with E-state index in [0.29, 0.717) is 82.3 Å². The minimum Gasteiger partial charge on any atom is -0.356 e. The minimum absolute atomic E-state index is 0.0620. The fourth-order valence-corrected chi connectivity index (χ4v) is 8.58. The quantitative estimate of drug-likeness (QED) is 0.0901. The number of hydrogen-bond donors (Lipinski definition) is 5. The van der Waals surface area contributed by atoms with Crippen LogP contribution in [-0.4, -0.2) is 99.2 Å². The molecule has 5 N–H and O–H groups in total. The Morgan fingerprint density at radius 2 is 1.54 bits per heavy atom. The summed E-state index contributed by atoms with van der Waals surface area (Å²) in [7, 11) is 0. The van der Waals surface area contributed by atoms with Gasteiger partial charge in [-0.25, -0.2) is 0 Å². The van der Waals surface area contributed by atoms with Crippen molar-refractivity contribution in [2.24, 2.45) is 11.8 Å². The molecule has 9 amide bonds. The second-order valence-corrected chi connectivity index (χ2v) is 16.3. The third kappa shape index (κ3) is 13.0. The van der Waals surface area contributed by atoms with Gasteiger partial charge in [-0.05, 0) is 81.6 Å². The predicted octanol–water partition coefficient (Wildman–Crippen LogP) is 2.25. The Labute approximate surface area is 336 Å². The van der Waals surface area contributed by atoms with E-state index in [9.17, 15) is 43.2 Å². The van der Waals surface area contributed by atoms with E-state index in [-0.39, 0.29) is 66.0 Å². The van der Waals surface area contributed by atoms with Crippen LogP contribution in [0.15, 0.2) is 42.5 Å². The predicted molar refractivity (Wildman–Crippen MR) is 210 cm³/mol. The van der Waals surface area contributed by atoms with E-state index in [0.717, 1.165) is 42.8 Å². The third-order valence-electron chi connectivity index (χ3n) is 10.8. The van der Waals surface area contributed by atoms with Crippen molar-refractivity contribution in [1.82, 2.24) is 31.3 Å². The Bertz CT molecular complexity index is 1680. The topological polar surface area (TPSA) is 220 Å². The van der Waals surface area contributed by atoms with Crippen LogP contribution in [0.4, 0.5) is 5.69 Å². The number of carbonyl (C=O) groups is 9. The zero-order valence-electron chi connectivity index (χ0n) is 32.1. The molecule has 0 radical (unpaired) electrons. The van der Waals surface area contributed by atoms with Crippen LogP contribution in [0.25, 0.3) is 0 Å². The lowest BCUT2D eigenvalue weighted by Gasteiger charge is -2.28. The van der Waals surface area contributed by atoms with Gasteiger partial charge in [-0.1, -0.05) is 37.5 Å². The molecule has 3 aliphatic heterocycles. The van der Waals surface area contributed by atoms with Crippen molar-refractivity contribution in [1.29, 1.82) is 0 Å². The highest BCUT2D eigenvalue weighted by atomic mass is 32.2. The fourth-order valence-electron chi connectivity index (χ4n) is 7.39. The number of thioether (sulfide) groups is 1. The number of anilines is 1. The van der Waals surface area contributed by atoms with Crippen molar-refractivity contribution in [2.45, 2.75) is 114 Å². The summed E-state index contributed by atoms with van der Waals surface area (Å²) in [5.41, 5.74) is 3.02. The first-order valence-corrected chi connectivity index (χ1v) is 21.1. The molecule has 3 heterocycles. The van der Waals surface area contributed by atoms with Crippen molar-refractivity contribution in [3.8, 4) is 0 Å². The summed E-state index contributed by atoms with van der Waals surface area (Å²) in [6.45, 7) is 0.843. The lowest BCUT2D eigenvalue weighted by atomic mass is 9.81. The molecule has 4 aliphatic rings. The molecule has 1 aliphatic carbocycles. The molecule has 16 nitrogen and oxygen atoms in total. The zero-order chi connectivity index (χ0) is 40.7. The highest BCUT2D eigenvalue weighted by Gasteiger charge is 2.38. The van der Waals surface area contributed by atoms with Gasteiger partial charge in [0, 0.05) is 56.1 Å². The molecule has 0 bridgehead atoms. The second-order valence-electron chi connectivity index (χ2n) is 15.0. The summed E-state index contributed by atoms with van der Waals surface area (Å²) in [6, 6.07) is 7.54. The highest BCUT2D eigenvalue weighted by molar-refractivity contribution is 8.00. The standard InChI is InChI=1S/C40H53N7O9S/c48-32(41-25-26-14-16-27(17-15-26)37(53)45-47-34(50)20-21-35(47)51)13-7-2-8-22-46-36(52)24-31(40(46)56)57-23-9-3-6-12-29(38(54)42-28-10-4-1-5-11-28)44-39(55)30-18-19-33(49)43-30/h1,4-5,10-11,20-21,26-27,29-31H,2-3,6-9,12-19,22-25H2,(H,41,48)(H,42,54)(H,43,49)(H,44,55)(H,45,53)/t26?,27?,29-,30+,31?/m0/s1. The maximum atomic E-state index is 13.1. The number of rotatable bonds is 21. The monoisotopic (exact) mass is 807 g/mol. The smallest absolute Gasteiger partial charge is 0.272 e. The lowest BCUT2D eigenvalue weighted by molar-refractivity contribution is -0.148. The first-order chi connectivity index (χ1) is 27.5. The summed E-state index contributed by atoms with van der Waals surface area (Å²) in [5, 5.41) is 11.6. The van der Waals surface area contributed by atoms with Crippen LogP contribution in [0, 0.1) is 11.8 Å². The van der Waals surface area contributed by atoms with Gasteiger partial charge in [-0.15, -0.1) is 11.8 Å². The molecule has 17 heteroatoms. The minimum atomic E-state index is -0.776. The molecule has 0 spiro atoms. The number of nitrogens with zero attached hydrogens (tertiary/aromatic N) is 2. The van der Waals surface area contributed by atoms with Crippen LogP contribution < -0.4 is 26.7 Å². The molecular formula is C40H53N7O9S.